The number of rotatable bonds is 6. The first-order valence-corrected chi connectivity index (χ1v) is 9.14. The molecule has 0 spiro atoms. The van der Waals surface area contributed by atoms with Crippen LogP contribution in [0.2, 0.25) is 0 Å². The second kappa shape index (κ2) is 8.64. The Balaban J connectivity index is 1.31. The predicted molar refractivity (Wildman–Crippen MR) is 105 cm³/mol. The number of hydrogen-bond acceptors (Lipinski definition) is 8. The third kappa shape index (κ3) is 4.40. The van der Waals surface area contributed by atoms with Crippen molar-refractivity contribution in [3.8, 4) is 28.7 Å². The normalized spacial score (nSPS) is 13.8. The van der Waals surface area contributed by atoms with Gasteiger partial charge in [-0.1, -0.05) is 0 Å². The predicted octanol–water partition coefficient (Wildman–Crippen LogP) is 2.39. The number of esters is 1. The van der Waals surface area contributed by atoms with Gasteiger partial charge in [-0.05, 0) is 35.9 Å². The number of benzene rings is 2. The first-order chi connectivity index (χ1) is 14.6. The van der Waals surface area contributed by atoms with E-state index in [4.69, 9.17) is 28.4 Å². The lowest BCUT2D eigenvalue weighted by Gasteiger charge is -2.20. The van der Waals surface area contributed by atoms with Gasteiger partial charge in [0.1, 0.15) is 13.2 Å². The summed E-state index contributed by atoms with van der Waals surface area (Å²) in [4.78, 5) is 24.0. The van der Waals surface area contributed by atoms with Crippen LogP contribution in [0.1, 0.15) is 5.56 Å². The molecule has 1 amide bonds. The number of ether oxygens (including phenoxy) is 6. The van der Waals surface area contributed by atoms with Gasteiger partial charge in [-0.3, -0.25) is 4.79 Å². The number of nitrogens with one attached hydrogen (secondary N) is 1. The molecule has 0 bridgehead atoms. The minimum Gasteiger partial charge on any atom is -0.493 e. The van der Waals surface area contributed by atoms with Crippen LogP contribution in [-0.2, 0) is 14.3 Å². The van der Waals surface area contributed by atoms with Crippen molar-refractivity contribution in [2.75, 3.05) is 39.0 Å². The maximum Gasteiger partial charge on any atom is 0.331 e. The van der Waals surface area contributed by atoms with Gasteiger partial charge in [0.2, 0.25) is 12.5 Å². The van der Waals surface area contributed by atoms with Crippen molar-refractivity contribution in [1.29, 1.82) is 0 Å². The number of anilines is 1. The Hall–Kier alpha value is -3.88. The van der Waals surface area contributed by atoms with Gasteiger partial charge in [-0.15, -0.1) is 0 Å². The molecule has 156 valence electrons. The number of hydrogen-bond donors (Lipinski definition) is 1. The molecule has 2 aliphatic heterocycles. The summed E-state index contributed by atoms with van der Waals surface area (Å²) in [5.41, 5.74) is 1.18. The molecule has 2 aromatic rings. The van der Waals surface area contributed by atoms with Crippen LogP contribution in [0, 0.1) is 0 Å². The molecular formula is C21H19NO8. The van der Waals surface area contributed by atoms with E-state index in [2.05, 4.69) is 5.32 Å². The lowest BCUT2D eigenvalue weighted by Crippen LogP contribution is -2.20. The highest BCUT2D eigenvalue weighted by molar-refractivity contribution is 5.95. The van der Waals surface area contributed by atoms with Crippen LogP contribution in [0.25, 0.3) is 6.08 Å². The lowest BCUT2D eigenvalue weighted by atomic mass is 10.1. The van der Waals surface area contributed by atoms with E-state index < -0.39 is 18.5 Å². The van der Waals surface area contributed by atoms with Crippen molar-refractivity contribution in [3.63, 3.8) is 0 Å². The summed E-state index contributed by atoms with van der Waals surface area (Å²) in [5.74, 6) is 1.59. The van der Waals surface area contributed by atoms with Gasteiger partial charge in [0.15, 0.2) is 29.6 Å². The SMILES string of the molecule is COc1cc(/C=C/C(=O)OCC(=O)Nc2ccc3c(c2)OCO3)cc2c1OCCO2. The first kappa shape index (κ1) is 19.4. The van der Waals surface area contributed by atoms with Crippen LogP contribution >= 0.6 is 0 Å². The Morgan fingerprint density at radius 1 is 1.03 bits per heavy atom. The van der Waals surface area contributed by atoms with Gasteiger partial charge in [-0.2, -0.15) is 0 Å². The molecule has 9 nitrogen and oxygen atoms in total. The van der Waals surface area contributed by atoms with E-state index >= 15 is 0 Å². The Kier molecular flexibility index (Phi) is 5.60. The summed E-state index contributed by atoms with van der Waals surface area (Å²) < 4.78 is 31.8. The standard InChI is InChI=1S/C21H19NO8/c1-25-17-8-13(9-18-21(17)27-7-6-26-18)2-5-20(24)28-11-19(23)22-14-3-4-15-16(10-14)30-12-29-15/h2-5,8-10H,6-7,11-12H2,1H3,(H,22,23)/b5-2+. The monoisotopic (exact) mass is 413 g/mol. The van der Waals surface area contributed by atoms with E-state index in [0.29, 0.717) is 53.2 Å². The lowest BCUT2D eigenvalue weighted by molar-refractivity contribution is -0.142. The number of carbonyl (C=O) groups excluding carboxylic acids is 2. The van der Waals surface area contributed by atoms with Crippen molar-refractivity contribution < 1.29 is 38.0 Å². The average Bonchev–Trinajstić information content (AvgIpc) is 3.23. The Morgan fingerprint density at radius 3 is 2.73 bits per heavy atom. The fourth-order valence-electron chi connectivity index (χ4n) is 2.91. The zero-order valence-electron chi connectivity index (χ0n) is 16.1. The fourth-order valence-corrected chi connectivity index (χ4v) is 2.91. The summed E-state index contributed by atoms with van der Waals surface area (Å²) in [6.45, 7) is 0.594. The highest BCUT2D eigenvalue weighted by Gasteiger charge is 2.18. The molecule has 2 heterocycles. The van der Waals surface area contributed by atoms with E-state index in [9.17, 15) is 9.59 Å². The van der Waals surface area contributed by atoms with Gasteiger partial charge in [0, 0.05) is 17.8 Å². The van der Waals surface area contributed by atoms with Crippen LogP contribution in [0.15, 0.2) is 36.4 Å². The summed E-state index contributed by atoms with van der Waals surface area (Å²) in [5, 5.41) is 2.63. The van der Waals surface area contributed by atoms with Crippen LogP contribution < -0.4 is 29.0 Å². The number of carbonyl (C=O) groups is 2. The van der Waals surface area contributed by atoms with Gasteiger partial charge < -0.3 is 33.7 Å². The molecule has 0 saturated carbocycles. The van der Waals surface area contributed by atoms with Crippen LogP contribution in [0.4, 0.5) is 5.69 Å². The molecule has 1 N–H and O–H groups in total. The van der Waals surface area contributed by atoms with Gasteiger partial charge >= 0.3 is 5.97 Å². The molecule has 2 aromatic carbocycles. The molecule has 9 heteroatoms. The first-order valence-electron chi connectivity index (χ1n) is 9.14. The summed E-state index contributed by atoms with van der Waals surface area (Å²) in [6, 6.07) is 8.44. The van der Waals surface area contributed by atoms with E-state index in [1.165, 1.54) is 13.2 Å². The second-order valence-corrected chi connectivity index (χ2v) is 6.30. The maximum absolute atomic E-state index is 12.0. The minimum absolute atomic E-state index is 0.145. The van der Waals surface area contributed by atoms with E-state index in [1.54, 1.807) is 36.4 Å². The highest BCUT2D eigenvalue weighted by Crippen LogP contribution is 2.40. The smallest absolute Gasteiger partial charge is 0.331 e. The molecule has 0 saturated heterocycles. The molecule has 30 heavy (non-hydrogen) atoms. The summed E-state index contributed by atoms with van der Waals surface area (Å²) in [7, 11) is 1.52. The molecule has 0 fully saturated rings. The maximum atomic E-state index is 12.0. The molecule has 0 radical (unpaired) electrons. The fraction of sp³-hybridized carbons (Fsp3) is 0.238. The molecular weight excluding hydrogens is 394 g/mol. The number of methoxy groups -OCH3 is 1. The van der Waals surface area contributed by atoms with Crippen molar-refractivity contribution >= 4 is 23.6 Å². The Labute approximate surface area is 172 Å². The number of amides is 1. The molecule has 2 aliphatic rings. The van der Waals surface area contributed by atoms with Crippen molar-refractivity contribution in [2.24, 2.45) is 0 Å². The minimum atomic E-state index is -0.662. The molecule has 0 aliphatic carbocycles. The van der Waals surface area contributed by atoms with E-state index in [1.807, 2.05) is 0 Å². The third-order valence-corrected chi connectivity index (χ3v) is 4.26. The topological polar surface area (TPSA) is 102 Å². The molecule has 0 aromatic heterocycles. The van der Waals surface area contributed by atoms with Gasteiger partial charge in [-0.25, -0.2) is 4.79 Å². The van der Waals surface area contributed by atoms with Crippen LogP contribution in [0.3, 0.4) is 0 Å². The van der Waals surface area contributed by atoms with Gasteiger partial charge in [0.05, 0.1) is 7.11 Å². The van der Waals surface area contributed by atoms with Crippen molar-refractivity contribution in [2.45, 2.75) is 0 Å². The van der Waals surface area contributed by atoms with Crippen LogP contribution in [0.5, 0.6) is 28.7 Å². The quantitative estimate of drug-likeness (QED) is 0.569. The molecule has 0 atom stereocenters. The summed E-state index contributed by atoms with van der Waals surface area (Å²) >= 11 is 0. The van der Waals surface area contributed by atoms with Crippen LogP contribution in [-0.4, -0.2) is 45.6 Å². The Bertz CT molecular complexity index is 983. The molecule has 4 rings (SSSR count). The number of fused-ring (bicyclic) bond motifs is 2. The highest BCUT2D eigenvalue weighted by atomic mass is 16.7. The summed E-state index contributed by atoms with van der Waals surface area (Å²) in [6.07, 6.45) is 2.76. The van der Waals surface area contributed by atoms with E-state index in [-0.39, 0.29) is 6.79 Å². The van der Waals surface area contributed by atoms with Crippen molar-refractivity contribution in [1.82, 2.24) is 0 Å². The Morgan fingerprint density at radius 2 is 1.87 bits per heavy atom. The zero-order valence-corrected chi connectivity index (χ0v) is 16.1. The van der Waals surface area contributed by atoms with E-state index in [0.717, 1.165) is 0 Å². The second-order valence-electron chi connectivity index (χ2n) is 6.30. The largest absolute Gasteiger partial charge is 0.493 e. The van der Waals surface area contributed by atoms with Crippen molar-refractivity contribution in [3.05, 3.63) is 42.0 Å². The van der Waals surface area contributed by atoms with Gasteiger partial charge in [0.25, 0.3) is 5.91 Å². The zero-order chi connectivity index (χ0) is 20.9. The molecule has 0 unspecified atom stereocenters. The average molecular weight is 413 g/mol. The third-order valence-electron chi connectivity index (χ3n) is 4.26.